The minimum absolute atomic E-state index is 0.135. The minimum atomic E-state index is -0.135. The molecular weight excluding hydrogens is 207 g/mol. The summed E-state index contributed by atoms with van der Waals surface area (Å²) in [6.45, 7) is 3.83. The van der Waals surface area contributed by atoms with Gasteiger partial charge in [-0.25, -0.2) is 4.39 Å². The van der Waals surface area contributed by atoms with Crippen LogP contribution in [0.5, 0.6) is 0 Å². The van der Waals surface area contributed by atoms with Crippen LogP contribution in [-0.4, -0.2) is 0 Å². The van der Waals surface area contributed by atoms with Gasteiger partial charge in [-0.05, 0) is 46.5 Å². The number of benzene rings is 1. The Morgan fingerprint density at radius 1 is 1.45 bits per heavy atom. The maximum Gasteiger partial charge on any atom is 0.140 e. The highest BCUT2D eigenvalue weighted by Gasteiger charge is 2.05. The van der Waals surface area contributed by atoms with Crippen molar-refractivity contribution in [2.24, 2.45) is 0 Å². The molecule has 0 fully saturated rings. The molecule has 2 heteroatoms. The van der Waals surface area contributed by atoms with E-state index in [9.17, 15) is 4.39 Å². The first-order chi connectivity index (χ1) is 5.16. The summed E-state index contributed by atoms with van der Waals surface area (Å²) in [5.74, 6) is -0.135. The van der Waals surface area contributed by atoms with Crippen LogP contribution in [0.25, 0.3) is 0 Å². The molecule has 0 radical (unpaired) electrons. The van der Waals surface area contributed by atoms with Crippen LogP contribution in [0.15, 0.2) is 16.6 Å². The third-order valence-corrected chi connectivity index (χ3v) is 2.44. The Labute approximate surface area is 74.6 Å². The number of rotatable bonds is 1. The molecule has 0 saturated heterocycles. The summed E-state index contributed by atoms with van der Waals surface area (Å²) < 4.78 is 13.7. The summed E-state index contributed by atoms with van der Waals surface area (Å²) >= 11 is 3.13. The van der Waals surface area contributed by atoms with Crippen LogP contribution in [0, 0.1) is 12.7 Å². The van der Waals surface area contributed by atoms with Gasteiger partial charge in [0.25, 0.3) is 0 Å². The van der Waals surface area contributed by atoms with Gasteiger partial charge in [-0.3, -0.25) is 0 Å². The Bertz CT molecular complexity index is 269. The highest BCUT2D eigenvalue weighted by molar-refractivity contribution is 9.10. The monoisotopic (exact) mass is 216 g/mol. The summed E-state index contributed by atoms with van der Waals surface area (Å²) in [4.78, 5) is 0. The largest absolute Gasteiger partial charge is 0.205 e. The molecule has 0 aliphatic carbocycles. The highest BCUT2D eigenvalue weighted by Crippen LogP contribution is 2.21. The zero-order valence-electron chi connectivity index (χ0n) is 6.62. The van der Waals surface area contributed by atoms with E-state index in [0.717, 1.165) is 17.5 Å². The molecule has 0 nitrogen and oxygen atoms in total. The van der Waals surface area contributed by atoms with Gasteiger partial charge in [-0.2, -0.15) is 0 Å². The van der Waals surface area contributed by atoms with Gasteiger partial charge in [0.1, 0.15) is 5.82 Å². The molecule has 0 unspecified atom stereocenters. The zero-order chi connectivity index (χ0) is 8.43. The van der Waals surface area contributed by atoms with Crippen molar-refractivity contribution < 1.29 is 4.39 Å². The van der Waals surface area contributed by atoms with E-state index in [4.69, 9.17) is 0 Å². The van der Waals surface area contributed by atoms with Crippen molar-refractivity contribution in [2.75, 3.05) is 0 Å². The molecular formula is C9H10BrF. The van der Waals surface area contributed by atoms with E-state index in [0.29, 0.717) is 4.47 Å². The lowest BCUT2D eigenvalue weighted by atomic mass is 10.1. The van der Waals surface area contributed by atoms with Crippen LogP contribution in [0.3, 0.4) is 0 Å². The van der Waals surface area contributed by atoms with Gasteiger partial charge < -0.3 is 0 Å². The van der Waals surface area contributed by atoms with Gasteiger partial charge in [0.2, 0.25) is 0 Å². The second kappa shape index (κ2) is 3.35. The Balaban J connectivity index is 3.25. The predicted octanol–water partition coefficient (Wildman–Crippen LogP) is 3.46. The number of halogens is 2. The first kappa shape index (κ1) is 8.72. The van der Waals surface area contributed by atoms with Crippen LogP contribution in [0.2, 0.25) is 0 Å². The van der Waals surface area contributed by atoms with Crippen molar-refractivity contribution in [2.45, 2.75) is 20.3 Å². The van der Waals surface area contributed by atoms with Crippen molar-refractivity contribution >= 4 is 15.9 Å². The number of hydrogen-bond acceptors (Lipinski definition) is 0. The summed E-state index contributed by atoms with van der Waals surface area (Å²) in [6.07, 6.45) is 0.885. The SMILES string of the molecule is CCc1ccc(Br)c(F)c1C. The minimum Gasteiger partial charge on any atom is -0.205 e. The molecule has 0 aliphatic rings. The average molecular weight is 217 g/mol. The van der Waals surface area contributed by atoms with Crippen LogP contribution in [0.4, 0.5) is 4.39 Å². The van der Waals surface area contributed by atoms with E-state index in [1.807, 2.05) is 13.0 Å². The molecule has 0 amide bonds. The van der Waals surface area contributed by atoms with E-state index in [-0.39, 0.29) is 5.82 Å². The molecule has 0 bridgehead atoms. The van der Waals surface area contributed by atoms with Crippen molar-refractivity contribution in [3.63, 3.8) is 0 Å². The molecule has 0 aliphatic heterocycles. The Hall–Kier alpha value is -0.370. The molecule has 0 aromatic heterocycles. The van der Waals surface area contributed by atoms with Gasteiger partial charge in [0.15, 0.2) is 0 Å². The van der Waals surface area contributed by atoms with E-state index >= 15 is 0 Å². The molecule has 0 saturated carbocycles. The summed E-state index contributed by atoms with van der Waals surface area (Å²) in [5, 5.41) is 0. The lowest BCUT2D eigenvalue weighted by molar-refractivity contribution is 0.609. The van der Waals surface area contributed by atoms with Gasteiger partial charge in [-0.1, -0.05) is 13.0 Å². The standard InChI is InChI=1S/C9H10BrF/c1-3-7-4-5-8(10)9(11)6(7)2/h4-5H,3H2,1-2H3. The molecule has 1 aromatic carbocycles. The van der Waals surface area contributed by atoms with Gasteiger partial charge in [-0.15, -0.1) is 0 Å². The maximum absolute atomic E-state index is 13.1. The second-order valence-corrected chi connectivity index (χ2v) is 3.35. The Kier molecular flexibility index (Phi) is 2.66. The average Bonchev–Trinajstić information content (AvgIpc) is 2.01. The fourth-order valence-electron chi connectivity index (χ4n) is 1.08. The fourth-order valence-corrected chi connectivity index (χ4v) is 1.50. The summed E-state index contributed by atoms with van der Waals surface area (Å²) in [5.41, 5.74) is 1.83. The first-order valence-electron chi connectivity index (χ1n) is 3.60. The summed E-state index contributed by atoms with van der Waals surface area (Å²) in [7, 11) is 0. The second-order valence-electron chi connectivity index (χ2n) is 2.50. The lowest BCUT2D eigenvalue weighted by Gasteiger charge is -2.04. The van der Waals surface area contributed by atoms with Crippen LogP contribution >= 0.6 is 15.9 Å². The van der Waals surface area contributed by atoms with Crippen molar-refractivity contribution in [3.05, 3.63) is 33.5 Å². The normalized spacial score (nSPS) is 10.2. The van der Waals surface area contributed by atoms with E-state index in [1.165, 1.54) is 0 Å². The van der Waals surface area contributed by atoms with Crippen LogP contribution in [-0.2, 0) is 6.42 Å². The molecule has 11 heavy (non-hydrogen) atoms. The molecule has 0 N–H and O–H groups in total. The molecule has 1 aromatic rings. The molecule has 60 valence electrons. The van der Waals surface area contributed by atoms with Crippen LogP contribution < -0.4 is 0 Å². The van der Waals surface area contributed by atoms with Crippen molar-refractivity contribution in [1.82, 2.24) is 0 Å². The molecule has 0 atom stereocenters. The summed E-state index contributed by atoms with van der Waals surface area (Å²) in [6, 6.07) is 3.70. The quantitative estimate of drug-likeness (QED) is 0.675. The number of aryl methyl sites for hydroxylation is 1. The zero-order valence-corrected chi connectivity index (χ0v) is 8.20. The molecule has 0 spiro atoms. The van der Waals surface area contributed by atoms with Gasteiger partial charge in [0.05, 0.1) is 4.47 Å². The molecule has 1 rings (SSSR count). The van der Waals surface area contributed by atoms with E-state index in [1.54, 1.807) is 13.0 Å². The van der Waals surface area contributed by atoms with E-state index < -0.39 is 0 Å². The van der Waals surface area contributed by atoms with Gasteiger partial charge >= 0.3 is 0 Å². The topological polar surface area (TPSA) is 0 Å². The first-order valence-corrected chi connectivity index (χ1v) is 4.39. The highest BCUT2D eigenvalue weighted by atomic mass is 79.9. The fraction of sp³-hybridized carbons (Fsp3) is 0.333. The van der Waals surface area contributed by atoms with Crippen LogP contribution in [0.1, 0.15) is 18.1 Å². The number of hydrogen-bond donors (Lipinski definition) is 0. The Morgan fingerprint density at radius 3 is 2.64 bits per heavy atom. The molecule has 0 heterocycles. The third-order valence-electron chi connectivity index (χ3n) is 1.83. The Morgan fingerprint density at radius 2 is 2.09 bits per heavy atom. The lowest BCUT2D eigenvalue weighted by Crippen LogP contribution is -1.91. The predicted molar refractivity (Wildman–Crippen MR) is 48.2 cm³/mol. The van der Waals surface area contributed by atoms with Gasteiger partial charge in [0, 0.05) is 0 Å². The van der Waals surface area contributed by atoms with Crippen molar-refractivity contribution in [3.8, 4) is 0 Å². The van der Waals surface area contributed by atoms with Crippen molar-refractivity contribution in [1.29, 1.82) is 0 Å². The maximum atomic E-state index is 13.1. The van der Waals surface area contributed by atoms with E-state index in [2.05, 4.69) is 15.9 Å². The smallest absolute Gasteiger partial charge is 0.140 e. The third kappa shape index (κ3) is 1.62.